The highest BCUT2D eigenvalue weighted by atomic mass is 79.9. The first-order chi connectivity index (χ1) is 8.36. The van der Waals surface area contributed by atoms with Crippen LogP contribution in [0, 0.1) is 0 Å². The van der Waals surface area contributed by atoms with Gasteiger partial charge in [0.15, 0.2) is 4.67 Å². The highest BCUT2D eigenvalue weighted by Gasteiger charge is 2.22. The summed E-state index contributed by atoms with van der Waals surface area (Å²) in [6, 6.07) is 1.38. The zero-order valence-electron chi connectivity index (χ0n) is 10.8. The predicted molar refractivity (Wildman–Crippen MR) is 73.9 cm³/mol. The van der Waals surface area contributed by atoms with Crippen molar-refractivity contribution in [1.82, 2.24) is 10.0 Å². The van der Waals surface area contributed by atoms with Gasteiger partial charge in [-0.25, -0.2) is 13.1 Å². The molecule has 1 rings (SSSR count). The molecule has 0 saturated heterocycles. The molecule has 1 aromatic heterocycles. The van der Waals surface area contributed by atoms with Crippen molar-refractivity contribution in [3.63, 3.8) is 0 Å². The van der Waals surface area contributed by atoms with Crippen molar-refractivity contribution in [2.24, 2.45) is 0 Å². The van der Waals surface area contributed by atoms with Gasteiger partial charge in [0.2, 0.25) is 10.0 Å². The molecule has 104 valence electrons. The van der Waals surface area contributed by atoms with Crippen LogP contribution in [0.2, 0.25) is 0 Å². The molecule has 0 radical (unpaired) electrons. The Morgan fingerprint density at radius 1 is 1.44 bits per heavy atom. The monoisotopic (exact) mass is 338 g/mol. The maximum absolute atomic E-state index is 12.0. The van der Waals surface area contributed by atoms with Crippen LogP contribution in [0.15, 0.2) is 20.0 Å². The average Bonchev–Trinajstić information content (AvgIpc) is 2.59. The second-order valence-corrected chi connectivity index (χ2v) is 6.71. The molecular weight excluding hydrogens is 320 g/mol. The van der Waals surface area contributed by atoms with Crippen molar-refractivity contribution in [1.29, 1.82) is 0 Å². The molecule has 2 N–H and O–H groups in total. The molecule has 0 amide bonds. The molecule has 0 saturated carbocycles. The van der Waals surface area contributed by atoms with Crippen LogP contribution >= 0.6 is 15.9 Å². The van der Waals surface area contributed by atoms with Gasteiger partial charge in [-0.1, -0.05) is 6.92 Å². The number of hydrogen-bond donors (Lipinski definition) is 2. The number of hydrogen-bond acceptors (Lipinski definition) is 4. The van der Waals surface area contributed by atoms with Gasteiger partial charge in [-0.2, -0.15) is 0 Å². The lowest BCUT2D eigenvalue weighted by atomic mass is 10.4. The molecule has 1 aromatic rings. The molecule has 0 bridgehead atoms. The maximum Gasteiger partial charge on any atom is 0.245 e. The van der Waals surface area contributed by atoms with E-state index in [2.05, 4.69) is 32.9 Å². The fourth-order valence-corrected chi connectivity index (χ4v) is 3.68. The van der Waals surface area contributed by atoms with Crippen LogP contribution in [-0.2, 0) is 16.6 Å². The number of sulfonamides is 1. The largest absolute Gasteiger partial charge is 0.452 e. The van der Waals surface area contributed by atoms with Crippen molar-refractivity contribution < 1.29 is 12.8 Å². The van der Waals surface area contributed by atoms with E-state index in [4.69, 9.17) is 4.42 Å². The van der Waals surface area contributed by atoms with E-state index in [-0.39, 0.29) is 15.6 Å². The molecule has 0 fully saturated rings. The predicted octanol–water partition coefficient (Wildman–Crippen LogP) is 2.23. The molecule has 18 heavy (non-hydrogen) atoms. The summed E-state index contributed by atoms with van der Waals surface area (Å²) in [5, 5.41) is 3.15. The summed E-state index contributed by atoms with van der Waals surface area (Å²) >= 11 is 3.14. The van der Waals surface area contributed by atoms with Crippen molar-refractivity contribution >= 4 is 26.0 Å². The normalized spacial score (nSPS) is 12.3. The molecular formula is C11H19BrN2O3S. The van der Waals surface area contributed by atoms with E-state index >= 15 is 0 Å². The Hall–Kier alpha value is -0.370. The summed E-state index contributed by atoms with van der Waals surface area (Å²) in [5.74, 6) is 0.597. The van der Waals surface area contributed by atoms with Gasteiger partial charge >= 0.3 is 0 Å². The van der Waals surface area contributed by atoms with Crippen LogP contribution in [0.5, 0.6) is 0 Å². The SMILES string of the molecule is CCCNCc1cc(S(=O)(=O)NC(C)C)c(Br)o1. The number of furan rings is 1. The number of rotatable bonds is 7. The van der Waals surface area contributed by atoms with Gasteiger partial charge in [0.05, 0.1) is 6.54 Å². The molecule has 0 aliphatic carbocycles. The van der Waals surface area contributed by atoms with Crippen LogP contribution in [0.1, 0.15) is 33.0 Å². The fraction of sp³-hybridized carbons (Fsp3) is 0.636. The highest BCUT2D eigenvalue weighted by Crippen LogP contribution is 2.26. The van der Waals surface area contributed by atoms with Gasteiger partial charge in [-0.05, 0) is 42.7 Å². The van der Waals surface area contributed by atoms with Crippen LogP contribution in [0.4, 0.5) is 0 Å². The van der Waals surface area contributed by atoms with Gasteiger partial charge < -0.3 is 9.73 Å². The third kappa shape index (κ3) is 4.38. The van der Waals surface area contributed by atoms with Gasteiger partial charge in [0, 0.05) is 12.1 Å². The molecule has 7 heteroatoms. The Labute approximate surface area is 117 Å². The molecule has 0 aromatic carbocycles. The molecule has 0 aliphatic heterocycles. The average molecular weight is 339 g/mol. The van der Waals surface area contributed by atoms with Gasteiger partial charge in [0.1, 0.15) is 10.7 Å². The van der Waals surface area contributed by atoms with Crippen molar-refractivity contribution in [2.45, 2.75) is 44.7 Å². The van der Waals surface area contributed by atoms with E-state index in [1.807, 2.05) is 0 Å². The number of nitrogens with one attached hydrogen (secondary N) is 2. The second kappa shape index (κ2) is 6.70. The summed E-state index contributed by atoms with van der Waals surface area (Å²) < 4.78 is 32.1. The summed E-state index contributed by atoms with van der Waals surface area (Å²) in [7, 11) is -3.52. The number of halogens is 1. The summed E-state index contributed by atoms with van der Waals surface area (Å²) in [4.78, 5) is 0.143. The topological polar surface area (TPSA) is 71.3 Å². The first-order valence-electron chi connectivity index (χ1n) is 5.88. The minimum atomic E-state index is -3.52. The third-order valence-electron chi connectivity index (χ3n) is 2.11. The Morgan fingerprint density at radius 3 is 2.67 bits per heavy atom. The lowest BCUT2D eigenvalue weighted by Crippen LogP contribution is -2.30. The molecule has 0 unspecified atom stereocenters. The molecule has 5 nitrogen and oxygen atoms in total. The standard InChI is InChI=1S/C11H19BrN2O3S/c1-4-5-13-7-9-6-10(11(12)17-9)18(15,16)14-8(2)3/h6,8,13-14H,4-5,7H2,1-3H3. The smallest absolute Gasteiger partial charge is 0.245 e. The Morgan fingerprint density at radius 2 is 2.11 bits per heavy atom. The van der Waals surface area contributed by atoms with E-state index in [0.29, 0.717) is 12.3 Å². The van der Waals surface area contributed by atoms with Gasteiger partial charge in [-0.15, -0.1) is 0 Å². The first-order valence-corrected chi connectivity index (χ1v) is 8.15. The van der Waals surface area contributed by atoms with E-state index in [9.17, 15) is 8.42 Å². The summed E-state index contributed by atoms with van der Waals surface area (Å²) in [6.45, 7) is 6.99. The lowest BCUT2D eigenvalue weighted by molar-refractivity contribution is 0.460. The molecule has 0 spiro atoms. The van der Waals surface area contributed by atoms with Crippen LogP contribution in [-0.4, -0.2) is 21.0 Å². The maximum atomic E-state index is 12.0. The quantitative estimate of drug-likeness (QED) is 0.748. The molecule has 0 aliphatic rings. The summed E-state index contributed by atoms with van der Waals surface area (Å²) in [5.41, 5.74) is 0. The van der Waals surface area contributed by atoms with Gasteiger partial charge in [-0.3, -0.25) is 0 Å². The van der Waals surface area contributed by atoms with Crippen LogP contribution in [0.3, 0.4) is 0 Å². The van der Waals surface area contributed by atoms with E-state index in [0.717, 1.165) is 13.0 Å². The zero-order chi connectivity index (χ0) is 13.8. The van der Waals surface area contributed by atoms with E-state index in [1.54, 1.807) is 13.8 Å². The minimum Gasteiger partial charge on any atom is -0.452 e. The Kier molecular flexibility index (Phi) is 5.84. The van der Waals surface area contributed by atoms with Crippen molar-refractivity contribution in [2.75, 3.05) is 6.54 Å². The third-order valence-corrected chi connectivity index (χ3v) is 4.63. The first kappa shape index (κ1) is 15.7. The van der Waals surface area contributed by atoms with Crippen LogP contribution in [0.25, 0.3) is 0 Å². The van der Waals surface area contributed by atoms with Crippen molar-refractivity contribution in [3.05, 3.63) is 16.5 Å². The van der Waals surface area contributed by atoms with Crippen LogP contribution < -0.4 is 10.0 Å². The highest BCUT2D eigenvalue weighted by molar-refractivity contribution is 9.10. The molecule has 0 atom stereocenters. The Balaban J connectivity index is 2.84. The van der Waals surface area contributed by atoms with Crippen molar-refractivity contribution in [3.8, 4) is 0 Å². The Bertz CT molecular complexity index is 482. The second-order valence-electron chi connectivity index (χ2n) is 4.30. The minimum absolute atomic E-state index is 0.143. The fourth-order valence-electron chi connectivity index (χ4n) is 1.43. The summed E-state index contributed by atoms with van der Waals surface area (Å²) in [6.07, 6.45) is 1.02. The van der Waals surface area contributed by atoms with E-state index in [1.165, 1.54) is 6.07 Å². The van der Waals surface area contributed by atoms with E-state index < -0.39 is 10.0 Å². The molecule has 1 heterocycles. The zero-order valence-corrected chi connectivity index (χ0v) is 13.2. The lowest BCUT2D eigenvalue weighted by Gasteiger charge is -2.07. The van der Waals surface area contributed by atoms with Gasteiger partial charge in [0.25, 0.3) is 0 Å².